The minimum absolute atomic E-state index is 0.223. The van der Waals surface area contributed by atoms with Crippen LogP contribution in [0, 0.1) is 5.82 Å². The third-order valence-corrected chi connectivity index (χ3v) is 3.48. The highest BCUT2D eigenvalue weighted by molar-refractivity contribution is 5.50. The fourth-order valence-electron chi connectivity index (χ4n) is 2.34. The summed E-state index contributed by atoms with van der Waals surface area (Å²) in [5.74, 6) is 0.455. The molecule has 1 aromatic carbocycles. The smallest absolute Gasteiger partial charge is 0.146 e. The second-order valence-corrected chi connectivity index (χ2v) is 5.06. The first kappa shape index (κ1) is 13.1. The zero-order valence-corrected chi connectivity index (χ0v) is 11.2. The molecule has 1 saturated heterocycles. The average Bonchev–Trinajstić information content (AvgIpc) is 2.81. The summed E-state index contributed by atoms with van der Waals surface area (Å²) in [6.45, 7) is 6.41. The molecule has 2 rings (SSSR count). The van der Waals surface area contributed by atoms with E-state index >= 15 is 0 Å². The lowest BCUT2D eigenvalue weighted by molar-refractivity contribution is 0.274. The largest absolute Gasteiger partial charge is 0.497 e. The summed E-state index contributed by atoms with van der Waals surface area (Å²) >= 11 is 0. The van der Waals surface area contributed by atoms with E-state index in [9.17, 15) is 4.39 Å². The number of nitrogens with zero attached hydrogens (tertiary/aromatic N) is 1. The number of anilines is 1. The van der Waals surface area contributed by atoms with Crippen LogP contribution in [0.25, 0.3) is 0 Å². The lowest BCUT2D eigenvalue weighted by Gasteiger charge is -2.21. The van der Waals surface area contributed by atoms with E-state index in [1.165, 1.54) is 6.07 Å². The minimum Gasteiger partial charge on any atom is -0.497 e. The fourth-order valence-corrected chi connectivity index (χ4v) is 2.34. The van der Waals surface area contributed by atoms with Crippen molar-refractivity contribution in [1.29, 1.82) is 0 Å². The Morgan fingerprint density at radius 1 is 1.44 bits per heavy atom. The van der Waals surface area contributed by atoms with Crippen LogP contribution in [0.4, 0.5) is 10.1 Å². The van der Waals surface area contributed by atoms with Gasteiger partial charge in [-0.05, 0) is 32.4 Å². The van der Waals surface area contributed by atoms with Crippen molar-refractivity contribution in [3.8, 4) is 5.75 Å². The lowest BCUT2D eigenvalue weighted by atomic mass is 10.2. The third kappa shape index (κ3) is 2.93. The predicted molar refractivity (Wildman–Crippen MR) is 71.7 cm³/mol. The summed E-state index contributed by atoms with van der Waals surface area (Å²) in [5, 5.41) is 3.27. The first-order valence-electron chi connectivity index (χ1n) is 6.44. The van der Waals surface area contributed by atoms with E-state index in [2.05, 4.69) is 24.1 Å². The van der Waals surface area contributed by atoms with Crippen molar-refractivity contribution in [1.82, 2.24) is 4.90 Å². The van der Waals surface area contributed by atoms with Crippen LogP contribution in [0.15, 0.2) is 18.2 Å². The SMILES string of the molecule is COc1ccc(F)c(NC2CCN(C(C)C)C2)c1. The maximum atomic E-state index is 13.7. The summed E-state index contributed by atoms with van der Waals surface area (Å²) in [6.07, 6.45) is 1.05. The van der Waals surface area contributed by atoms with Gasteiger partial charge in [0.15, 0.2) is 0 Å². The molecule has 0 radical (unpaired) electrons. The summed E-state index contributed by atoms with van der Waals surface area (Å²) in [5.41, 5.74) is 0.532. The first-order chi connectivity index (χ1) is 8.60. The maximum Gasteiger partial charge on any atom is 0.146 e. The molecule has 3 nitrogen and oxygen atoms in total. The summed E-state index contributed by atoms with van der Waals surface area (Å²) < 4.78 is 18.8. The van der Waals surface area contributed by atoms with Gasteiger partial charge in [0.1, 0.15) is 11.6 Å². The zero-order chi connectivity index (χ0) is 13.1. The zero-order valence-electron chi connectivity index (χ0n) is 11.2. The van der Waals surface area contributed by atoms with Gasteiger partial charge in [0.25, 0.3) is 0 Å². The molecule has 1 fully saturated rings. The molecule has 0 bridgehead atoms. The van der Waals surface area contributed by atoms with Gasteiger partial charge in [-0.3, -0.25) is 4.90 Å². The van der Waals surface area contributed by atoms with E-state index in [1.54, 1.807) is 19.2 Å². The second kappa shape index (κ2) is 5.57. The summed E-state index contributed by atoms with van der Waals surface area (Å²) in [4.78, 5) is 2.40. The van der Waals surface area contributed by atoms with Crippen LogP contribution in [-0.2, 0) is 0 Å². The molecule has 1 aromatic rings. The van der Waals surface area contributed by atoms with Crippen LogP contribution >= 0.6 is 0 Å². The van der Waals surface area contributed by atoms with Crippen LogP contribution in [0.5, 0.6) is 5.75 Å². The Kier molecular flexibility index (Phi) is 4.07. The number of rotatable bonds is 4. The first-order valence-corrected chi connectivity index (χ1v) is 6.44. The molecular weight excluding hydrogens is 231 g/mol. The monoisotopic (exact) mass is 252 g/mol. The van der Waals surface area contributed by atoms with Crippen molar-refractivity contribution in [2.45, 2.75) is 32.4 Å². The molecule has 1 unspecified atom stereocenters. The van der Waals surface area contributed by atoms with Gasteiger partial charge in [0, 0.05) is 31.2 Å². The van der Waals surface area contributed by atoms with Gasteiger partial charge >= 0.3 is 0 Å². The molecule has 1 aliphatic heterocycles. The topological polar surface area (TPSA) is 24.5 Å². The molecule has 0 saturated carbocycles. The van der Waals surface area contributed by atoms with Gasteiger partial charge in [-0.2, -0.15) is 0 Å². The van der Waals surface area contributed by atoms with Gasteiger partial charge in [0.2, 0.25) is 0 Å². The van der Waals surface area contributed by atoms with E-state index in [-0.39, 0.29) is 5.82 Å². The number of halogens is 1. The molecule has 1 heterocycles. The molecule has 100 valence electrons. The van der Waals surface area contributed by atoms with Crippen molar-refractivity contribution in [2.75, 3.05) is 25.5 Å². The van der Waals surface area contributed by atoms with Crippen molar-refractivity contribution < 1.29 is 9.13 Å². The van der Waals surface area contributed by atoms with Gasteiger partial charge in [-0.25, -0.2) is 4.39 Å². The highest BCUT2D eigenvalue weighted by Gasteiger charge is 2.24. The van der Waals surface area contributed by atoms with Crippen LogP contribution in [0.3, 0.4) is 0 Å². The van der Waals surface area contributed by atoms with Gasteiger partial charge in [-0.15, -0.1) is 0 Å². The second-order valence-electron chi connectivity index (χ2n) is 5.06. The Labute approximate surface area is 108 Å². The number of hydrogen-bond donors (Lipinski definition) is 1. The Balaban J connectivity index is 2.02. The fraction of sp³-hybridized carbons (Fsp3) is 0.571. The van der Waals surface area contributed by atoms with Crippen molar-refractivity contribution in [2.24, 2.45) is 0 Å². The summed E-state index contributed by atoms with van der Waals surface area (Å²) in [6, 6.07) is 5.65. The Bertz CT molecular complexity index is 409. The lowest BCUT2D eigenvalue weighted by Crippen LogP contribution is -2.31. The van der Waals surface area contributed by atoms with Crippen molar-refractivity contribution in [3.05, 3.63) is 24.0 Å². The molecule has 1 aliphatic rings. The highest BCUT2D eigenvalue weighted by Crippen LogP contribution is 2.24. The number of hydrogen-bond acceptors (Lipinski definition) is 3. The van der Waals surface area contributed by atoms with Crippen LogP contribution in [0.2, 0.25) is 0 Å². The standard InChI is InChI=1S/C14H21FN2O/c1-10(2)17-7-6-11(9-17)16-14-8-12(18-3)4-5-13(14)15/h4-5,8,10-11,16H,6-7,9H2,1-3H3. The number of ether oxygens (including phenoxy) is 1. The number of nitrogens with one attached hydrogen (secondary N) is 1. The molecular formula is C14H21FN2O. The average molecular weight is 252 g/mol. The van der Waals surface area contributed by atoms with Crippen molar-refractivity contribution >= 4 is 5.69 Å². The number of methoxy groups -OCH3 is 1. The van der Waals surface area contributed by atoms with E-state index in [1.807, 2.05) is 0 Å². The van der Waals surface area contributed by atoms with E-state index in [4.69, 9.17) is 4.74 Å². The highest BCUT2D eigenvalue weighted by atomic mass is 19.1. The molecule has 1 atom stereocenters. The molecule has 1 N–H and O–H groups in total. The number of likely N-dealkylation sites (tertiary alicyclic amines) is 1. The molecule has 0 aliphatic carbocycles. The quantitative estimate of drug-likeness (QED) is 0.891. The maximum absolute atomic E-state index is 13.7. The molecule has 0 aromatic heterocycles. The van der Waals surface area contributed by atoms with Crippen LogP contribution in [-0.4, -0.2) is 37.2 Å². The van der Waals surface area contributed by atoms with E-state index < -0.39 is 0 Å². The predicted octanol–water partition coefficient (Wildman–Crippen LogP) is 2.73. The Morgan fingerprint density at radius 2 is 2.22 bits per heavy atom. The van der Waals surface area contributed by atoms with Crippen LogP contribution < -0.4 is 10.1 Å². The Hall–Kier alpha value is -1.29. The summed E-state index contributed by atoms with van der Waals surface area (Å²) in [7, 11) is 1.59. The van der Waals surface area contributed by atoms with E-state index in [0.29, 0.717) is 23.5 Å². The minimum atomic E-state index is -0.223. The van der Waals surface area contributed by atoms with Gasteiger partial charge in [-0.1, -0.05) is 0 Å². The van der Waals surface area contributed by atoms with Gasteiger partial charge in [0.05, 0.1) is 12.8 Å². The van der Waals surface area contributed by atoms with E-state index in [0.717, 1.165) is 19.5 Å². The van der Waals surface area contributed by atoms with Crippen LogP contribution in [0.1, 0.15) is 20.3 Å². The molecule has 0 amide bonds. The number of benzene rings is 1. The van der Waals surface area contributed by atoms with Crippen molar-refractivity contribution in [3.63, 3.8) is 0 Å². The molecule has 18 heavy (non-hydrogen) atoms. The normalized spacial score (nSPS) is 20.4. The van der Waals surface area contributed by atoms with Gasteiger partial charge < -0.3 is 10.1 Å². The Morgan fingerprint density at radius 3 is 2.83 bits per heavy atom. The molecule has 4 heteroatoms. The molecule has 0 spiro atoms. The third-order valence-electron chi connectivity index (χ3n) is 3.48.